The van der Waals surface area contributed by atoms with E-state index in [1.54, 1.807) is 12.0 Å². The van der Waals surface area contributed by atoms with E-state index < -0.39 is 0 Å². The van der Waals surface area contributed by atoms with E-state index in [0.29, 0.717) is 22.5 Å². The summed E-state index contributed by atoms with van der Waals surface area (Å²) in [6.07, 6.45) is 0.994. The maximum absolute atomic E-state index is 13.2. The van der Waals surface area contributed by atoms with Gasteiger partial charge in [-0.05, 0) is 46.5 Å². The zero-order valence-electron chi connectivity index (χ0n) is 11.0. The van der Waals surface area contributed by atoms with Crippen molar-refractivity contribution in [2.75, 3.05) is 20.2 Å². The van der Waals surface area contributed by atoms with Crippen LogP contribution in [-0.2, 0) is 4.74 Å². The van der Waals surface area contributed by atoms with Gasteiger partial charge in [-0.3, -0.25) is 4.79 Å². The fourth-order valence-electron chi connectivity index (χ4n) is 2.34. The van der Waals surface area contributed by atoms with Crippen molar-refractivity contribution in [3.63, 3.8) is 0 Å². The summed E-state index contributed by atoms with van der Waals surface area (Å²) in [6.45, 7) is 3.44. The van der Waals surface area contributed by atoms with Crippen LogP contribution in [0.3, 0.4) is 0 Å². The lowest BCUT2D eigenvalue weighted by Gasteiger charge is -2.36. The van der Waals surface area contributed by atoms with Crippen molar-refractivity contribution in [2.45, 2.75) is 19.4 Å². The molecule has 0 radical (unpaired) electrons. The van der Waals surface area contributed by atoms with Crippen LogP contribution in [0.4, 0.5) is 4.39 Å². The summed E-state index contributed by atoms with van der Waals surface area (Å²) in [5.41, 5.74) is 0.498. The first-order valence-corrected chi connectivity index (χ1v) is 7.09. The van der Waals surface area contributed by atoms with Crippen LogP contribution in [0.1, 0.15) is 23.7 Å². The highest BCUT2D eigenvalue weighted by atomic mass is 79.9. The topological polar surface area (TPSA) is 29.5 Å². The number of methoxy groups -OCH3 is 1. The predicted octanol–water partition coefficient (Wildman–Crippen LogP) is 3.09. The summed E-state index contributed by atoms with van der Waals surface area (Å²) >= 11 is 3.10. The van der Waals surface area contributed by atoms with Crippen molar-refractivity contribution in [3.8, 4) is 0 Å². The van der Waals surface area contributed by atoms with Crippen LogP contribution in [0.5, 0.6) is 0 Å². The third-order valence-electron chi connectivity index (χ3n) is 3.65. The molecular weight excluding hydrogens is 313 g/mol. The van der Waals surface area contributed by atoms with E-state index in [4.69, 9.17) is 4.74 Å². The lowest BCUT2D eigenvalue weighted by molar-refractivity contribution is -0.00157. The van der Waals surface area contributed by atoms with E-state index >= 15 is 0 Å². The Kier molecular flexibility index (Phi) is 4.58. The maximum atomic E-state index is 13.2. The Morgan fingerprint density at radius 3 is 2.89 bits per heavy atom. The second-order valence-electron chi connectivity index (χ2n) is 4.92. The fraction of sp³-hybridized carbons (Fsp3) is 0.500. The van der Waals surface area contributed by atoms with Gasteiger partial charge in [0.05, 0.1) is 10.6 Å². The molecule has 1 aromatic rings. The van der Waals surface area contributed by atoms with Crippen molar-refractivity contribution in [1.82, 2.24) is 4.90 Å². The minimum Gasteiger partial charge on any atom is -0.379 e. The molecule has 1 heterocycles. The van der Waals surface area contributed by atoms with Gasteiger partial charge < -0.3 is 9.64 Å². The van der Waals surface area contributed by atoms with Crippen molar-refractivity contribution in [1.29, 1.82) is 0 Å². The van der Waals surface area contributed by atoms with Gasteiger partial charge in [-0.2, -0.15) is 0 Å². The van der Waals surface area contributed by atoms with E-state index in [0.717, 1.165) is 13.0 Å². The Morgan fingerprint density at radius 2 is 2.26 bits per heavy atom. The Morgan fingerprint density at radius 1 is 1.53 bits per heavy atom. The zero-order valence-corrected chi connectivity index (χ0v) is 12.6. The van der Waals surface area contributed by atoms with Gasteiger partial charge in [0.2, 0.25) is 0 Å². The number of carbonyl (C=O) groups is 1. The molecule has 104 valence electrons. The molecule has 19 heavy (non-hydrogen) atoms. The van der Waals surface area contributed by atoms with E-state index in [-0.39, 0.29) is 17.8 Å². The first-order valence-electron chi connectivity index (χ1n) is 6.30. The molecule has 2 rings (SSSR count). The van der Waals surface area contributed by atoms with Crippen molar-refractivity contribution in [3.05, 3.63) is 34.1 Å². The number of likely N-dealkylation sites (tertiary alicyclic amines) is 1. The standard InChI is InChI=1S/C14H17BrFNO2/c1-9-5-6-17(8-13(9)19-2)14(18)10-3-4-12(16)11(15)7-10/h3-4,7,9,13H,5-6,8H2,1-2H3. The molecule has 1 saturated heterocycles. The molecular formula is C14H17BrFNO2. The third kappa shape index (κ3) is 3.15. The first kappa shape index (κ1) is 14.5. The van der Waals surface area contributed by atoms with Crippen LogP contribution in [0.25, 0.3) is 0 Å². The van der Waals surface area contributed by atoms with Crippen LogP contribution in [-0.4, -0.2) is 37.1 Å². The molecule has 0 bridgehead atoms. The number of halogens is 2. The van der Waals surface area contributed by atoms with E-state index in [1.807, 2.05) is 0 Å². The molecule has 2 unspecified atom stereocenters. The highest BCUT2D eigenvalue weighted by Crippen LogP contribution is 2.23. The summed E-state index contributed by atoms with van der Waals surface area (Å²) in [5, 5.41) is 0. The lowest BCUT2D eigenvalue weighted by atomic mass is 9.95. The molecule has 0 N–H and O–H groups in total. The average Bonchev–Trinajstić information content (AvgIpc) is 2.41. The molecule has 3 nitrogen and oxygen atoms in total. The van der Waals surface area contributed by atoms with Gasteiger partial charge in [-0.1, -0.05) is 6.92 Å². The average molecular weight is 330 g/mol. The van der Waals surface area contributed by atoms with Gasteiger partial charge >= 0.3 is 0 Å². The molecule has 5 heteroatoms. The Hall–Kier alpha value is -0.940. The smallest absolute Gasteiger partial charge is 0.253 e. The second kappa shape index (κ2) is 6.01. The summed E-state index contributed by atoms with van der Waals surface area (Å²) < 4.78 is 18.9. The summed E-state index contributed by atoms with van der Waals surface area (Å²) in [5.74, 6) is 0.0160. The monoisotopic (exact) mass is 329 g/mol. The van der Waals surface area contributed by atoms with Crippen molar-refractivity contribution >= 4 is 21.8 Å². The molecule has 0 aliphatic carbocycles. The molecule has 0 saturated carbocycles. The van der Waals surface area contributed by atoms with Gasteiger partial charge in [0.1, 0.15) is 5.82 Å². The number of piperidine rings is 1. The van der Waals surface area contributed by atoms with Crippen LogP contribution < -0.4 is 0 Å². The minimum absolute atomic E-state index is 0.0709. The Bertz CT molecular complexity index is 481. The van der Waals surface area contributed by atoms with Gasteiger partial charge in [0.15, 0.2) is 0 Å². The Balaban J connectivity index is 2.13. The van der Waals surface area contributed by atoms with Gasteiger partial charge in [0, 0.05) is 25.8 Å². The molecule has 1 aliphatic rings. The molecule has 2 atom stereocenters. The largest absolute Gasteiger partial charge is 0.379 e. The predicted molar refractivity (Wildman–Crippen MR) is 74.6 cm³/mol. The molecule has 1 fully saturated rings. The summed E-state index contributed by atoms with van der Waals surface area (Å²) in [4.78, 5) is 14.1. The van der Waals surface area contributed by atoms with Crippen molar-refractivity contribution < 1.29 is 13.9 Å². The third-order valence-corrected chi connectivity index (χ3v) is 4.25. The minimum atomic E-state index is -0.362. The van der Waals surface area contributed by atoms with Crippen LogP contribution in [0, 0.1) is 11.7 Å². The Labute approximate surface area is 120 Å². The number of ether oxygens (including phenoxy) is 1. The normalized spacial score (nSPS) is 23.5. The van der Waals surface area contributed by atoms with Crippen LogP contribution >= 0.6 is 15.9 Å². The molecule has 1 amide bonds. The zero-order chi connectivity index (χ0) is 14.0. The quantitative estimate of drug-likeness (QED) is 0.834. The SMILES string of the molecule is COC1CN(C(=O)c2ccc(F)c(Br)c2)CCC1C. The number of hydrogen-bond acceptors (Lipinski definition) is 2. The van der Waals surface area contributed by atoms with Gasteiger partial charge in [-0.15, -0.1) is 0 Å². The fourth-order valence-corrected chi connectivity index (χ4v) is 2.72. The number of carbonyl (C=O) groups excluding carboxylic acids is 1. The number of hydrogen-bond donors (Lipinski definition) is 0. The van der Waals surface area contributed by atoms with Crippen molar-refractivity contribution in [2.24, 2.45) is 5.92 Å². The molecule has 1 aromatic carbocycles. The number of benzene rings is 1. The first-order chi connectivity index (χ1) is 9.02. The van der Waals surface area contributed by atoms with Gasteiger partial charge in [0.25, 0.3) is 5.91 Å². The molecule has 0 aromatic heterocycles. The van der Waals surface area contributed by atoms with E-state index in [1.165, 1.54) is 18.2 Å². The molecule has 1 aliphatic heterocycles. The highest BCUT2D eigenvalue weighted by molar-refractivity contribution is 9.10. The second-order valence-corrected chi connectivity index (χ2v) is 5.77. The summed E-state index contributed by atoms with van der Waals surface area (Å²) in [7, 11) is 1.67. The number of rotatable bonds is 2. The van der Waals surface area contributed by atoms with Gasteiger partial charge in [-0.25, -0.2) is 4.39 Å². The highest BCUT2D eigenvalue weighted by Gasteiger charge is 2.29. The maximum Gasteiger partial charge on any atom is 0.253 e. The molecule has 0 spiro atoms. The number of amides is 1. The van der Waals surface area contributed by atoms with Crippen LogP contribution in [0.15, 0.2) is 22.7 Å². The van der Waals surface area contributed by atoms with E-state index in [2.05, 4.69) is 22.9 Å². The lowest BCUT2D eigenvalue weighted by Crippen LogP contribution is -2.46. The number of nitrogens with zero attached hydrogens (tertiary/aromatic N) is 1. The van der Waals surface area contributed by atoms with E-state index in [9.17, 15) is 9.18 Å². The van der Waals surface area contributed by atoms with Crippen LogP contribution in [0.2, 0.25) is 0 Å². The summed E-state index contributed by atoms with van der Waals surface area (Å²) in [6, 6.07) is 4.34.